The summed E-state index contributed by atoms with van der Waals surface area (Å²) in [4.78, 5) is 0. The summed E-state index contributed by atoms with van der Waals surface area (Å²) in [7, 11) is -3.08. The van der Waals surface area contributed by atoms with E-state index in [0.29, 0.717) is 6.54 Å². The average molecular weight is 228 g/mol. The Hall–Kier alpha value is 0.200. The van der Waals surface area contributed by atoms with Crippen LogP contribution in [0.25, 0.3) is 0 Å². The van der Waals surface area contributed by atoms with E-state index >= 15 is 0 Å². The van der Waals surface area contributed by atoms with Crippen molar-refractivity contribution < 1.29 is 8.42 Å². The molecule has 0 aromatic carbocycles. The van der Waals surface area contributed by atoms with E-state index in [2.05, 4.69) is 12.2 Å². The number of unbranched alkanes of at least 4 members (excludes halogenated alkanes) is 1. The summed E-state index contributed by atoms with van der Waals surface area (Å²) in [5.41, 5.74) is 0. The second-order valence-corrected chi connectivity index (χ2v) is 6.37. The van der Waals surface area contributed by atoms with Gasteiger partial charge in [0.05, 0.1) is 5.75 Å². The van der Waals surface area contributed by atoms with Gasteiger partial charge in [0.1, 0.15) is 4.71 Å². The molecular formula is C8H18ClNO2S. The lowest BCUT2D eigenvalue weighted by molar-refractivity contribution is 0.587. The molecule has 0 fully saturated rings. The lowest BCUT2D eigenvalue weighted by Crippen LogP contribution is -2.26. The maximum atomic E-state index is 11.2. The molecule has 1 N–H and O–H groups in total. The van der Waals surface area contributed by atoms with Crippen LogP contribution in [0.3, 0.4) is 0 Å². The summed E-state index contributed by atoms with van der Waals surface area (Å²) < 4.78 is 21.6. The number of sulfone groups is 1. The predicted octanol–water partition coefficient (Wildman–Crippen LogP) is 1.38. The number of halogens is 1. The molecule has 13 heavy (non-hydrogen) atoms. The minimum Gasteiger partial charge on any atom is -0.316 e. The van der Waals surface area contributed by atoms with Crippen LogP contribution in [0.1, 0.15) is 26.7 Å². The van der Waals surface area contributed by atoms with E-state index in [1.165, 1.54) is 6.92 Å². The lowest BCUT2D eigenvalue weighted by atomic mass is 10.3. The lowest BCUT2D eigenvalue weighted by Gasteiger charge is -2.06. The van der Waals surface area contributed by atoms with Gasteiger partial charge in [-0.25, -0.2) is 8.42 Å². The molecule has 1 unspecified atom stereocenters. The van der Waals surface area contributed by atoms with Gasteiger partial charge in [-0.3, -0.25) is 0 Å². The Bertz CT molecular complexity index is 214. The van der Waals surface area contributed by atoms with E-state index in [9.17, 15) is 8.42 Å². The second-order valence-electron chi connectivity index (χ2n) is 3.01. The van der Waals surface area contributed by atoms with Gasteiger partial charge in [-0.05, 0) is 19.9 Å². The highest BCUT2D eigenvalue weighted by Crippen LogP contribution is 2.04. The second kappa shape index (κ2) is 6.62. The number of nitrogens with one attached hydrogen (secondary N) is 1. The molecule has 0 spiro atoms. The van der Waals surface area contributed by atoms with Crippen molar-refractivity contribution in [3.8, 4) is 0 Å². The van der Waals surface area contributed by atoms with E-state index in [1.54, 1.807) is 0 Å². The van der Waals surface area contributed by atoms with Gasteiger partial charge in [0, 0.05) is 6.54 Å². The molecule has 0 radical (unpaired) electrons. The van der Waals surface area contributed by atoms with E-state index < -0.39 is 14.5 Å². The highest BCUT2D eigenvalue weighted by atomic mass is 35.5. The van der Waals surface area contributed by atoms with Crippen molar-refractivity contribution in [2.45, 2.75) is 31.4 Å². The Morgan fingerprint density at radius 2 is 2.00 bits per heavy atom. The van der Waals surface area contributed by atoms with Gasteiger partial charge in [-0.15, -0.1) is 11.6 Å². The van der Waals surface area contributed by atoms with Gasteiger partial charge in [0.2, 0.25) is 0 Å². The van der Waals surface area contributed by atoms with Crippen LogP contribution in [0.15, 0.2) is 0 Å². The number of rotatable bonds is 7. The van der Waals surface area contributed by atoms with Crippen LogP contribution in [-0.2, 0) is 9.84 Å². The maximum absolute atomic E-state index is 11.2. The van der Waals surface area contributed by atoms with Gasteiger partial charge in [0.25, 0.3) is 0 Å². The Balaban J connectivity index is 3.53. The third-order valence-electron chi connectivity index (χ3n) is 1.77. The minimum atomic E-state index is -3.08. The molecule has 0 saturated carbocycles. The van der Waals surface area contributed by atoms with Gasteiger partial charge < -0.3 is 5.32 Å². The molecule has 0 aliphatic heterocycles. The first-order chi connectivity index (χ1) is 6.00. The molecule has 80 valence electrons. The van der Waals surface area contributed by atoms with E-state index in [0.717, 1.165) is 19.4 Å². The monoisotopic (exact) mass is 227 g/mol. The Morgan fingerprint density at radius 3 is 2.46 bits per heavy atom. The highest BCUT2D eigenvalue weighted by Gasteiger charge is 2.16. The van der Waals surface area contributed by atoms with Gasteiger partial charge >= 0.3 is 0 Å². The fourth-order valence-electron chi connectivity index (χ4n) is 0.804. The van der Waals surface area contributed by atoms with Crippen LogP contribution >= 0.6 is 11.6 Å². The van der Waals surface area contributed by atoms with Crippen LogP contribution in [0, 0.1) is 0 Å². The van der Waals surface area contributed by atoms with Crippen LogP contribution in [0.4, 0.5) is 0 Å². The summed E-state index contributed by atoms with van der Waals surface area (Å²) in [6.45, 7) is 4.96. The molecule has 5 heteroatoms. The molecule has 3 nitrogen and oxygen atoms in total. The molecule has 0 aliphatic carbocycles. The van der Waals surface area contributed by atoms with Crippen molar-refractivity contribution in [1.82, 2.24) is 5.32 Å². The molecule has 0 rings (SSSR count). The summed E-state index contributed by atoms with van der Waals surface area (Å²) >= 11 is 5.49. The molecule has 1 atom stereocenters. The molecule has 0 heterocycles. The van der Waals surface area contributed by atoms with Gasteiger partial charge in [-0.1, -0.05) is 13.3 Å². The first-order valence-corrected chi connectivity index (χ1v) is 6.72. The zero-order valence-corrected chi connectivity index (χ0v) is 9.79. The fraction of sp³-hybridized carbons (Fsp3) is 1.00. The first-order valence-electron chi connectivity index (χ1n) is 4.57. The number of hydrogen-bond acceptors (Lipinski definition) is 3. The molecule has 0 aliphatic rings. The zero-order chi connectivity index (χ0) is 10.3. The van der Waals surface area contributed by atoms with Crippen molar-refractivity contribution in [1.29, 1.82) is 0 Å². The predicted molar refractivity (Wildman–Crippen MR) is 56.9 cm³/mol. The first kappa shape index (κ1) is 13.2. The Morgan fingerprint density at radius 1 is 1.38 bits per heavy atom. The van der Waals surface area contributed by atoms with Crippen LogP contribution in [-0.4, -0.2) is 32.0 Å². The van der Waals surface area contributed by atoms with Crippen LogP contribution < -0.4 is 5.32 Å². The van der Waals surface area contributed by atoms with Crippen LogP contribution in [0.2, 0.25) is 0 Å². The van der Waals surface area contributed by atoms with E-state index in [4.69, 9.17) is 11.6 Å². The largest absolute Gasteiger partial charge is 0.316 e. The molecule has 0 aromatic rings. The summed E-state index contributed by atoms with van der Waals surface area (Å²) in [5.74, 6) is 0.126. The molecule has 0 bridgehead atoms. The topological polar surface area (TPSA) is 46.2 Å². The van der Waals surface area contributed by atoms with Crippen molar-refractivity contribution in [3.63, 3.8) is 0 Å². The van der Waals surface area contributed by atoms with Crippen LogP contribution in [0.5, 0.6) is 0 Å². The molecule has 0 amide bonds. The Labute approximate surface area is 85.8 Å². The number of hydrogen-bond donors (Lipinski definition) is 1. The quantitative estimate of drug-likeness (QED) is 0.528. The van der Waals surface area contributed by atoms with Gasteiger partial charge in [0.15, 0.2) is 9.84 Å². The van der Waals surface area contributed by atoms with E-state index in [-0.39, 0.29) is 5.75 Å². The third kappa shape index (κ3) is 6.29. The molecular weight excluding hydrogens is 210 g/mol. The normalized spacial score (nSPS) is 14.4. The summed E-state index contributed by atoms with van der Waals surface area (Å²) in [6, 6.07) is 0. The highest BCUT2D eigenvalue weighted by molar-refractivity contribution is 7.93. The van der Waals surface area contributed by atoms with Crippen molar-refractivity contribution in [2.75, 3.05) is 18.8 Å². The van der Waals surface area contributed by atoms with Gasteiger partial charge in [-0.2, -0.15) is 0 Å². The zero-order valence-electron chi connectivity index (χ0n) is 8.22. The Kier molecular flexibility index (Phi) is 6.73. The number of alkyl halides is 1. The summed E-state index contributed by atoms with van der Waals surface area (Å²) in [6.07, 6.45) is 2.20. The standard InChI is InChI=1S/C8H18ClNO2S/c1-3-4-5-10-6-7-13(11,12)8(2)9/h8,10H,3-7H2,1-2H3. The van der Waals surface area contributed by atoms with E-state index in [1.807, 2.05) is 0 Å². The molecule has 0 saturated heterocycles. The van der Waals surface area contributed by atoms with Crippen molar-refractivity contribution in [2.24, 2.45) is 0 Å². The summed E-state index contributed by atoms with van der Waals surface area (Å²) in [5, 5.41) is 3.06. The minimum absolute atomic E-state index is 0.126. The molecule has 0 aromatic heterocycles. The smallest absolute Gasteiger partial charge is 0.168 e. The SMILES string of the molecule is CCCCNCCS(=O)(=O)C(C)Cl. The van der Waals surface area contributed by atoms with Crippen molar-refractivity contribution in [3.05, 3.63) is 0 Å². The fourth-order valence-corrected chi connectivity index (χ4v) is 1.82. The average Bonchev–Trinajstić information content (AvgIpc) is 2.03. The van der Waals surface area contributed by atoms with Crippen molar-refractivity contribution >= 4 is 21.4 Å². The maximum Gasteiger partial charge on any atom is 0.168 e. The third-order valence-corrected chi connectivity index (χ3v) is 4.34.